The Hall–Kier alpha value is -1.01. The number of nitrogens with one attached hydrogen (secondary N) is 1. The zero-order valence-corrected chi connectivity index (χ0v) is 11.6. The number of amides is 1. The third-order valence-corrected chi connectivity index (χ3v) is 4.46. The predicted octanol–water partition coefficient (Wildman–Crippen LogP) is 1.63. The molecule has 1 aromatic rings. The molecule has 6 heteroatoms. The van der Waals surface area contributed by atoms with Crippen LogP contribution in [0.1, 0.15) is 12.0 Å². The van der Waals surface area contributed by atoms with Crippen LogP contribution in [-0.2, 0) is 9.59 Å². The summed E-state index contributed by atoms with van der Waals surface area (Å²) in [6.07, 6.45) is 2.51. The molecule has 18 heavy (non-hydrogen) atoms. The van der Waals surface area contributed by atoms with Crippen molar-refractivity contribution in [3.05, 3.63) is 23.9 Å². The standard InChI is InChI=1S/C12H14N2O2S2/c1-8-2-3-11(13-6-8)18-7-10(15)14-9-4-5-17-12(9)16/h2-3,6,9H,4-5,7H2,1H3,(H,14,15)/t9-/m1/s1. The molecule has 1 aliphatic heterocycles. The van der Waals surface area contributed by atoms with E-state index in [2.05, 4.69) is 10.3 Å². The first-order chi connectivity index (χ1) is 8.65. The summed E-state index contributed by atoms with van der Waals surface area (Å²) in [6, 6.07) is 3.56. The van der Waals surface area contributed by atoms with Gasteiger partial charge in [-0.05, 0) is 25.0 Å². The van der Waals surface area contributed by atoms with Crippen LogP contribution >= 0.6 is 23.5 Å². The second-order valence-electron chi connectivity index (χ2n) is 4.04. The SMILES string of the molecule is Cc1ccc(SCC(=O)N[C@@H]2CCSC2=O)nc1. The summed E-state index contributed by atoms with van der Waals surface area (Å²) in [5.41, 5.74) is 1.09. The predicted molar refractivity (Wildman–Crippen MR) is 73.7 cm³/mol. The number of aryl methyl sites for hydroxylation is 1. The van der Waals surface area contributed by atoms with Crippen molar-refractivity contribution < 1.29 is 9.59 Å². The van der Waals surface area contributed by atoms with Gasteiger partial charge in [0.15, 0.2) is 0 Å². The van der Waals surface area contributed by atoms with Gasteiger partial charge in [0.05, 0.1) is 16.8 Å². The average Bonchev–Trinajstić information content (AvgIpc) is 2.74. The van der Waals surface area contributed by atoms with E-state index in [1.54, 1.807) is 6.20 Å². The van der Waals surface area contributed by atoms with Crippen LogP contribution in [0.25, 0.3) is 0 Å². The fourth-order valence-corrected chi connectivity index (χ4v) is 3.13. The highest BCUT2D eigenvalue weighted by atomic mass is 32.2. The molecule has 1 fully saturated rings. The number of carbonyl (C=O) groups excluding carboxylic acids is 2. The quantitative estimate of drug-likeness (QED) is 0.851. The molecule has 0 spiro atoms. The highest BCUT2D eigenvalue weighted by Crippen LogP contribution is 2.20. The smallest absolute Gasteiger partial charge is 0.231 e. The van der Waals surface area contributed by atoms with Crippen LogP contribution in [0.4, 0.5) is 0 Å². The number of hydrogen-bond acceptors (Lipinski definition) is 5. The van der Waals surface area contributed by atoms with Gasteiger partial charge < -0.3 is 5.32 Å². The first kappa shape index (κ1) is 13.4. The third-order valence-electron chi connectivity index (χ3n) is 2.51. The van der Waals surface area contributed by atoms with Crippen LogP contribution in [0, 0.1) is 6.92 Å². The van der Waals surface area contributed by atoms with E-state index < -0.39 is 0 Å². The minimum absolute atomic E-state index is 0.0711. The zero-order chi connectivity index (χ0) is 13.0. The molecule has 0 saturated carbocycles. The molecule has 0 unspecified atom stereocenters. The number of nitrogens with zero attached hydrogens (tertiary/aromatic N) is 1. The van der Waals surface area contributed by atoms with Crippen LogP contribution < -0.4 is 5.32 Å². The van der Waals surface area contributed by atoms with Gasteiger partial charge in [0.2, 0.25) is 11.0 Å². The largest absolute Gasteiger partial charge is 0.345 e. The lowest BCUT2D eigenvalue weighted by Crippen LogP contribution is -2.38. The van der Waals surface area contributed by atoms with E-state index in [1.807, 2.05) is 19.1 Å². The van der Waals surface area contributed by atoms with Gasteiger partial charge in [0.25, 0.3) is 0 Å². The van der Waals surface area contributed by atoms with Gasteiger partial charge in [-0.25, -0.2) is 4.98 Å². The maximum Gasteiger partial charge on any atom is 0.231 e. The molecule has 2 heterocycles. The van der Waals surface area contributed by atoms with Crippen molar-refractivity contribution in [2.24, 2.45) is 0 Å². The first-order valence-electron chi connectivity index (χ1n) is 5.66. The molecule has 1 saturated heterocycles. The number of aromatic nitrogens is 1. The molecule has 0 radical (unpaired) electrons. The second kappa shape index (κ2) is 6.24. The molecule has 1 aromatic heterocycles. The molecule has 1 N–H and O–H groups in total. The minimum Gasteiger partial charge on any atom is -0.345 e. The van der Waals surface area contributed by atoms with Crippen molar-refractivity contribution in [3.63, 3.8) is 0 Å². The van der Waals surface area contributed by atoms with Crippen molar-refractivity contribution in [3.8, 4) is 0 Å². The summed E-state index contributed by atoms with van der Waals surface area (Å²) >= 11 is 2.67. The number of rotatable bonds is 4. The van der Waals surface area contributed by atoms with E-state index in [0.717, 1.165) is 22.8 Å². The van der Waals surface area contributed by atoms with Gasteiger partial charge in [0.1, 0.15) is 0 Å². The van der Waals surface area contributed by atoms with Gasteiger partial charge in [-0.2, -0.15) is 0 Å². The second-order valence-corrected chi connectivity index (χ2v) is 6.13. The van der Waals surface area contributed by atoms with Gasteiger partial charge in [-0.1, -0.05) is 29.6 Å². The summed E-state index contributed by atoms with van der Waals surface area (Å²) < 4.78 is 0. The van der Waals surface area contributed by atoms with Gasteiger partial charge in [-0.3, -0.25) is 9.59 Å². The number of carbonyl (C=O) groups is 2. The van der Waals surface area contributed by atoms with Crippen LogP contribution in [0.3, 0.4) is 0 Å². The minimum atomic E-state index is -0.297. The van der Waals surface area contributed by atoms with Gasteiger partial charge >= 0.3 is 0 Å². The van der Waals surface area contributed by atoms with Gasteiger partial charge in [0, 0.05) is 11.9 Å². The number of pyridine rings is 1. The van der Waals surface area contributed by atoms with E-state index in [9.17, 15) is 9.59 Å². The third kappa shape index (κ3) is 3.74. The molecule has 2 rings (SSSR count). The molecular weight excluding hydrogens is 268 g/mol. The highest BCUT2D eigenvalue weighted by Gasteiger charge is 2.26. The first-order valence-corrected chi connectivity index (χ1v) is 7.64. The van der Waals surface area contributed by atoms with Crippen LogP contribution in [0.15, 0.2) is 23.4 Å². The fraction of sp³-hybridized carbons (Fsp3) is 0.417. The lowest BCUT2D eigenvalue weighted by molar-refractivity contribution is -0.122. The van der Waals surface area contributed by atoms with Crippen LogP contribution in [-0.4, -0.2) is 33.6 Å². The van der Waals surface area contributed by atoms with E-state index in [4.69, 9.17) is 0 Å². The lowest BCUT2D eigenvalue weighted by Gasteiger charge is -2.09. The van der Waals surface area contributed by atoms with Crippen LogP contribution in [0.2, 0.25) is 0 Å². The highest BCUT2D eigenvalue weighted by molar-refractivity contribution is 8.14. The van der Waals surface area contributed by atoms with Crippen molar-refractivity contribution in [1.29, 1.82) is 0 Å². The summed E-state index contributed by atoms with van der Waals surface area (Å²) in [5.74, 6) is 0.990. The Kier molecular flexibility index (Phi) is 4.66. The maximum atomic E-state index is 11.7. The van der Waals surface area contributed by atoms with Crippen molar-refractivity contribution in [2.45, 2.75) is 24.4 Å². The number of hydrogen-bond donors (Lipinski definition) is 1. The summed E-state index contributed by atoms with van der Waals surface area (Å²) in [6.45, 7) is 1.97. The Morgan fingerprint density at radius 3 is 3.06 bits per heavy atom. The summed E-state index contributed by atoms with van der Waals surface area (Å²) in [5, 5.41) is 3.65. The molecular formula is C12H14N2O2S2. The van der Waals surface area contributed by atoms with Crippen molar-refractivity contribution in [1.82, 2.24) is 10.3 Å². The zero-order valence-electron chi connectivity index (χ0n) is 10.0. The van der Waals surface area contributed by atoms with Crippen molar-refractivity contribution >= 4 is 34.5 Å². The molecule has 1 amide bonds. The number of thioether (sulfide) groups is 2. The molecule has 1 aliphatic rings. The molecule has 4 nitrogen and oxygen atoms in total. The average molecular weight is 282 g/mol. The van der Waals surface area contributed by atoms with Crippen LogP contribution in [0.5, 0.6) is 0 Å². The molecule has 1 atom stereocenters. The molecule has 96 valence electrons. The Balaban J connectivity index is 1.78. The molecule has 0 bridgehead atoms. The Labute approximate surface area is 114 Å². The molecule has 0 aliphatic carbocycles. The lowest BCUT2D eigenvalue weighted by atomic mass is 10.2. The fourth-order valence-electron chi connectivity index (χ4n) is 1.54. The van der Waals surface area contributed by atoms with E-state index in [1.165, 1.54) is 23.5 Å². The molecule has 0 aromatic carbocycles. The Morgan fingerprint density at radius 2 is 2.44 bits per heavy atom. The maximum absolute atomic E-state index is 11.7. The van der Waals surface area contributed by atoms with E-state index >= 15 is 0 Å². The topological polar surface area (TPSA) is 59.1 Å². The van der Waals surface area contributed by atoms with Crippen molar-refractivity contribution in [2.75, 3.05) is 11.5 Å². The Morgan fingerprint density at radius 1 is 1.61 bits per heavy atom. The summed E-state index contributed by atoms with van der Waals surface area (Å²) in [7, 11) is 0. The van der Waals surface area contributed by atoms with E-state index in [0.29, 0.717) is 5.75 Å². The monoisotopic (exact) mass is 282 g/mol. The van der Waals surface area contributed by atoms with E-state index in [-0.39, 0.29) is 17.1 Å². The summed E-state index contributed by atoms with van der Waals surface area (Å²) in [4.78, 5) is 27.2. The normalized spacial score (nSPS) is 18.9. The Bertz CT molecular complexity index is 448. The van der Waals surface area contributed by atoms with Gasteiger partial charge in [-0.15, -0.1) is 0 Å².